The minimum absolute atomic E-state index is 0.680. The second-order valence-electron chi connectivity index (χ2n) is 6.20. The number of hydrogen-bond donors (Lipinski definition) is 1. The normalized spacial score (nSPS) is 28.0. The molecule has 2 aliphatic rings. The summed E-state index contributed by atoms with van der Waals surface area (Å²) in [5, 5.41) is 7.80. The molecule has 1 N–H and O–H groups in total. The molecule has 2 bridgehead atoms. The van der Waals surface area contributed by atoms with Gasteiger partial charge >= 0.3 is 0 Å². The Morgan fingerprint density at radius 3 is 2.81 bits per heavy atom. The van der Waals surface area contributed by atoms with Gasteiger partial charge in [0.2, 0.25) is 11.7 Å². The van der Waals surface area contributed by atoms with Gasteiger partial charge in [-0.25, -0.2) is 0 Å². The number of benzene rings is 1. The average Bonchev–Trinajstić information content (AvgIpc) is 3.06. The zero-order valence-electron chi connectivity index (χ0n) is 11.8. The highest BCUT2D eigenvalue weighted by atomic mass is 79.9. The maximum Gasteiger partial charge on any atom is 0.227 e. The van der Waals surface area contributed by atoms with Gasteiger partial charge in [-0.15, -0.1) is 0 Å². The summed E-state index contributed by atoms with van der Waals surface area (Å²) in [5.41, 5.74) is 0.991. The van der Waals surface area contributed by atoms with Crippen molar-refractivity contribution in [1.29, 1.82) is 0 Å². The lowest BCUT2D eigenvalue weighted by Gasteiger charge is -2.27. The molecule has 4 nitrogen and oxygen atoms in total. The third kappa shape index (κ3) is 2.90. The predicted molar refractivity (Wildman–Crippen MR) is 83.8 cm³/mol. The Hall–Kier alpha value is -1.20. The van der Waals surface area contributed by atoms with E-state index in [1.165, 1.54) is 25.7 Å². The SMILES string of the molecule is Brc1cccc(-c2noc(CC3CC4CCC(C3)N4)n2)c1. The zero-order chi connectivity index (χ0) is 14.2. The van der Waals surface area contributed by atoms with Gasteiger partial charge in [0, 0.05) is 28.5 Å². The molecule has 1 aromatic carbocycles. The van der Waals surface area contributed by atoms with Crippen LogP contribution < -0.4 is 5.32 Å². The lowest BCUT2D eigenvalue weighted by Crippen LogP contribution is -2.38. The van der Waals surface area contributed by atoms with Gasteiger partial charge in [0.05, 0.1) is 0 Å². The molecule has 3 heterocycles. The van der Waals surface area contributed by atoms with Crippen LogP contribution in [0.4, 0.5) is 0 Å². The molecule has 2 saturated heterocycles. The maximum absolute atomic E-state index is 5.46. The third-order valence-electron chi connectivity index (χ3n) is 4.58. The van der Waals surface area contributed by atoms with Gasteiger partial charge in [-0.05, 0) is 43.7 Å². The second kappa shape index (κ2) is 5.54. The van der Waals surface area contributed by atoms with Crippen LogP contribution in [0.3, 0.4) is 0 Å². The number of hydrogen-bond acceptors (Lipinski definition) is 4. The van der Waals surface area contributed by atoms with Gasteiger partial charge < -0.3 is 9.84 Å². The summed E-state index contributed by atoms with van der Waals surface area (Å²) in [7, 11) is 0. The van der Waals surface area contributed by atoms with Crippen molar-refractivity contribution in [3.63, 3.8) is 0 Å². The topological polar surface area (TPSA) is 51.0 Å². The Bertz CT molecular complexity index is 630. The summed E-state index contributed by atoms with van der Waals surface area (Å²) in [6.07, 6.45) is 6.05. The van der Waals surface area contributed by atoms with Gasteiger partial charge in [-0.1, -0.05) is 33.2 Å². The van der Waals surface area contributed by atoms with Crippen molar-refractivity contribution in [2.24, 2.45) is 5.92 Å². The molecule has 4 rings (SSSR count). The first-order valence-corrected chi connectivity index (χ1v) is 8.40. The fourth-order valence-electron chi connectivity index (χ4n) is 3.67. The Kier molecular flexibility index (Phi) is 3.55. The first-order valence-electron chi connectivity index (χ1n) is 7.61. The van der Waals surface area contributed by atoms with Crippen LogP contribution in [-0.4, -0.2) is 22.2 Å². The van der Waals surface area contributed by atoms with Crippen molar-refractivity contribution in [3.05, 3.63) is 34.6 Å². The highest BCUT2D eigenvalue weighted by molar-refractivity contribution is 9.10. The summed E-state index contributed by atoms with van der Waals surface area (Å²) in [6, 6.07) is 9.42. The molecule has 2 unspecified atom stereocenters. The van der Waals surface area contributed by atoms with Crippen molar-refractivity contribution in [1.82, 2.24) is 15.5 Å². The van der Waals surface area contributed by atoms with Crippen LogP contribution in [0.5, 0.6) is 0 Å². The van der Waals surface area contributed by atoms with Crippen molar-refractivity contribution in [2.45, 2.75) is 44.2 Å². The zero-order valence-corrected chi connectivity index (χ0v) is 13.3. The molecule has 2 atom stereocenters. The lowest BCUT2D eigenvalue weighted by molar-refractivity contribution is 0.270. The summed E-state index contributed by atoms with van der Waals surface area (Å²) < 4.78 is 6.48. The predicted octanol–water partition coefficient (Wildman–Crippen LogP) is 3.57. The Labute approximate surface area is 132 Å². The molecular formula is C16H18BrN3O. The van der Waals surface area contributed by atoms with Crippen molar-refractivity contribution >= 4 is 15.9 Å². The number of rotatable bonds is 3. The van der Waals surface area contributed by atoms with Crippen LogP contribution in [-0.2, 0) is 6.42 Å². The van der Waals surface area contributed by atoms with Crippen LogP contribution in [0.15, 0.2) is 33.3 Å². The van der Waals surface area contributed by atoms with Crippen LogP contribution in [0, 0.1) is 5.92 Å². The molecule has 110 valence electrons. The van der Waals surface area contributed by atoms with E-state index < -0.39 is 0 Å². The number of nitrogens with zero attached hydrogens (tertiary/aromatic N) is 2. The van der Waals surface area contributed by atoms with Crippen molar-refractivity contribution in [3.8, 4) is 11.4 Å². The molecule has 5 heteroatoms. The summed E-state index contributed by atoms with van der Waals surface area (Å²) in [5.74, 6) is 2.14. The fourth-order valence-corrected chi connectivity index (χ4v) is 4.07. The van der Waals surface area contributed by atoms with Crippen LogP contribution >= 0.6 is 15.9 Å². The molecule has 2 aromatic rings. The van der Waals surface area contributed by atoms with Crippen LogP contribution in [0.1, 0.15) is 31.6 Å². The van der Waals surface area contributed by atoms with Crippen molar-refractivity contribution < 1.29 is 4.52 Å². The highest BCUT2D eigenvalue weighted by Crippen LogP contribution is 2.32. The fraction of sp³-hybridized carbons (Fsp3) is 0.500. The molecule has 0 radical (unpaired) electrons. The molecule has 0 amide bonds. The summed E-state index contributed by atoms with van der Waals surface area (Å²) >= 11 is 3.47. The molecule has 21 heavy (non-hydrogen) atoms. The van der Waals surface area contributed by atoms with E-state index in [0.717, 1.165) is 22.3 Å². The second-order valence-corrected chi connectivity index (χ2v) is 7.12. The number of halogens is 1. The van der Waals surface area contributed by atoms with E-state index in [9.17, 15) is 0 Å². The monoisotopic (exact) mass is 347 g/mol. The molecule has 2 aliphatic heterocycles. The van der Waals surface area contributed by atoms with Crippen LogP contribution in [0.25, 0.3) is 11.4 Å². The Balaban J connectivity index is 1.47. The quantitative estimate of drug-likeness (QED) is 0.921. The lowest BCUT2D eigenvalue weighted by atomic mass is 9.90. The van der Waals surface area contributed by atoms with E-state index in [4.69, 9.17) is 4.52 Å². The molecule has 0 aliphatic carbocycles. The number of nitrogens with one attached hydrogen (secondary N) is 1. The van der Waals surface area contributed by atoms with E-state index in [1.807, 2.05) is 24.3 Å². The number of aromatic nitrogens is 2. The number of piperidine rings is 1. The third-order valence-corrected chi connectivity index (χ3v) is 5.08. The van der Waals surface area contributed by atoms with Gasteiger partial charge in [-0.3, -0.25) is 0 Å². The van der Waals surface area contributed by atoms with Gasteiger partial charge in [0.1, 0.15) is 0 Å². The minimum atomic E-state index is 0.680. The highest BCUT2D eigenvalue weighted by Gasteiger charge is 2.34. The first kappa shape index (κ1) is 13.5. The van der Waals surface area contributed by atoms with E-state index in [2.05, 4.69) is 31.4 Å². The minimum Gasteiger partial charge on any atom is -0.339 e. The molecule has 0 spiro atoms. The van der Waals surface area contributed by atoms with E-state index in [-0.39, 0.29) is 0 Å². The van der Waals surface area contributed by atoms with Gasteiger partial charge in [-0.2, -0.15) is 4.98 Å². The Morgan fingerprint density at radius 1 is 1.24 bits per heavy atom. The van der Waals surface area contributed by atoms with Gasteiger partial charge in [0.25, 0.3) is 0 Å². The summed E-state index contributed by atoms with van der Waals surface area (Å²) in [6.45, 7) is 0. The van der Waals surface area contributed by atoms with Crippen molar-refractivity contribution in [2.75, 3.05) is 0 Å². The van der Waals surface area contributed by atoms with E-state index >= 15 is 0 Å². The molecule has 0 saturated carbocycles. The number of fused-ring (bicyclic) bond motifs is 2. The summed E-state index contributed by atoms with van der Waals surface area (Å²) in [4.78, 5) is 4.57. The maximum atomic E-state index is 5.46. The van der Waals surface area contributed by atoms with E-state index in [1.54, 1.807) is 0 Å². The first-order chi connectivity index (χ1) is 10.3. The van der Waals surface area contributed by atoms with Crippen LogP contribution in [0.2, 0.25) is 0 Å². The molecule has 1 aromatic heterocycles. The van der Waals surface area contributed by atoms with Gasteiger partial charge in [0.15, 0.2) is 0 Å². The standard InChI is InChI=1S/C16H18BrN3O/c17-12-3-1-2-11(9-12)16-19-15(21-20-16)8-10-6-13-4-5-14(7-10)18-13/h1-3,9-10,13-14,18H,4-8H2. The smallest absolute Gasteiger partial charge is 0.227 e. The molecule has 2 fully saturated rings. The molecular weight excluding hydrogens is 330 g/mol. The Morgan fingerprint density at radius 2 is 2.05 bits per heavy atom. The van der Waals surface area contributed by atoms with E-state index in [0.29, 0.717) is 23.8 Å². The largest absolute Gasteiger partial charge is 0.339 e. The average molecular weight is 348 g/mol.